The van der Waals surface area contributed by atoms with Crippen LogP contribution in [0.2, 0.25) is 0 Å². The van der Waals surface area contributed by atoms with Gasteiger partial charge in [0.15, 0.2) is 0 Å². The fourth-order valence-corrected chi connectivity index (χ4v) is 4.89. The third-order valence-corrected chi connectivity index (χ3v) is 6.43. The first-order valence-electron chi connectivity index (χ1n) is 10.8. The number of pyridine rings is 2. The van der Waals surface area contributed by atoms with Gasteiger partial charge < -0.3 is 0 Å². The number of rotatable bonds is 1. The maximum Gasteiger partial charge on any atom is 0.0972 e. The minimum Gasteiger partial charge on any atom is -0.254 e. The molecular weight excluding hydrogens is 388 g/mol. The number of fused-ring (bicyclic) bond motifs is 7. The summed E-state index contributed by atoms with van der Waals surface area (Å²) in [6, 6.07) is 36.7. The zero-order valence-electron chi connectivity index (χ0n) is 17.3. The number of nitrogens with zero attached hydrogens (tertiary/aromatic N) is 2. The third-order valence-electron chi connectivity index (χ3n) is 6.43. The smallest absolute Gasteiger partial charge is 0.0972 e. The lowest BCUT2D eigenvalue weighted by molar-refractivity contribution is 1.37. The first-order valence-corrected chi connectivity index (χ1v) is 10.8. The van der Waals surface area contributed by atoms with Gasteiger partial charge in [0.1, 0.15) is 0 Å². The highest BCUT2D eigenvalue weighted by Crippen LogP contribution is 2.36. The van der Waals surface area contributed by atoms with E-state index >= 15 is 0 Å². The van der Waals surface area contributed by atoms with Gasteiger partial charge in [-0.3, -0.25) is 4.98 Å². The van der Waals surface area contributed by atoms with E-state index in [-0.39, 0.29) is 0 Å². The molecule has 0 radical (unpaired) electrons. The van der Waals surface area contributed by atoms with Gasteiger partial charge in [-0.05, 0) is 56.6 Å². The lowest BCUT2D eigenvalue weighted by Crippen LogP contribution is -1.90. The Bertz CT molecular complexity index is 1830. The molecular formula is C30H18N2. The van der Waals surface area contributed by atoms with Crippen LogP contribution in [0.3, 0.4) is 0 Å². The molecule has 2 heteroatoms. The van der Waals surface area contributed by atoms with Crippen LogP contribution in [0.1, 0.15) is 0 Å². The Balaban J connectivity index is 1.59. The Hall–Kier alpha value is -4.30. The van der Waals surface area contributed by atoms with Gasteiger partial charge in [-0.25, -0.2) is 4.98 Å². The standard InChI is InChI=1S/C30H18N2/c1-2-6-23-18-26-24(17-22(23)5-1)13-10-19-7-3-9-25(28(19)26)27-15-14-21-12-11-20-8-4-16-31-29(20)30(21)32-27/h1-18H. The maximum absolute atomic E-state index is 5.13. The molecule has 0 saturated carbocycles. The predicted molar refractivity (Wildman–Crippen MR) is 135 cm³/mol. The van der Waals surface area contributed by atoms with Crippen LogP contribution in [0.25, 0.3) is 65.4 Å². The minimum absolute atomic E-state index is 0.947. The van der Waals surface area contributed by atoms with Crippen LogP contribution in [-0.4, -0.2) is 9.97 Å². The summed E-state index contributed by atoms with van der Waals surface area (Å²) in [6.07, 6.45) is 1.84. The zero-order chi connectivity index (χ0) is 21.1. The second-order valence-electron chi connectivity index (χ2n) is 8.30. The highest BCUT2D eigenvalue weighted by atomic mass is 14.8. The highest BCUT2D eigenvalue weighted by Gasteiger charge is 2.12. The third kappa shape index (κ3) is 2.53. The summed E-state index contributed by atoms with van der Waals surface area (Å²) in [7, 11) is 0. The molecule has 0 saturated heterocycles. The second kappa shape index (κ2) is 6.60. The van der Waals surface area contributed by atoms with Crippen molar-refractivity contribution in [3.8, 4) is 11.3 Å². The molecule has 0 spiro atoms. The average Bonchev–Trinajstić information content (AvgIpc) is 2.86. The second-order valence-corrected chi connectivity index (χ2v) is 8.30. The molecule has 2 aromatic heterocycles. The van der Waals surface area contributed by atoms with Gasteiger partial charge in [-0.2, -0.15) is 0 Å². The van der Waals surface area contributed by atoms with Crippen molar-refractivity contribution in [2.75, 3.05) is 0 Å². The van der Waals surface area contributed by atoms with Gasteiger partial charge in [0, 0.05) is 22.5 Å². The van der Waals surface area contributed by atoms with Crippen molar-refractivity contribution in [1.82, 2.24) is 9.97 Å². The normalized spacial score (nSPS) is 11.8. The van der Waals surface area contributed by atoms with Gasteiger partial charge in [-0.15, -0.1) is 0 Å². The summed E-state index contributed by atoms with van der Waals surface area (Å²) in [6.45, 7) is 0. The average molecular weight is 406 g/mol. The molecule has 2 heterocycles. The van der Waals surface area contributed by atoms with Crippen molar-refractivity contribution < 1.29 is 0 Å². The van der Waals surface area contributed by atoms with Crippen LogP contribution in [-0.2, 0) is 0 Å². The molecule has 0 atom stereocenters. The fourth-order valence-electron chi connectivity index (χ4n) is 4.89. The van der Waals surface area contributed by atoms with Gasteiger partial charge >= 0.3 is 0 Å². The molecule has 0 aliphatic carbocycles. The van der Waals surface area contributed by atoms with Crippen molar-refractivity contribution in [2.45, 2.75) is 0 Å². The van der Waals surface area contributed by atoms with Gasteiger partial charge in [-0.1, -0.05) is 78.9 Å². The van der Waals surface area contributed by atoms with E-state index in [0.717, 1.165) is 33.1 Å². The number of aromatic nitrogens is 2. The van der Waals surface area contributed by atoms with Crippen molar-refractivity contribution in [3.05, 3.63) is 109 Å². The van der Waals surface area contributed by atoms with E-state index in [1.807, 2.05) is 12.3 Å². The van der Waals surface area contributed by atoms with E-state index in [9.17, 15) is 0 Å². The van der Waals surface area contributed by atoms with E-state index in [1.54, 1.807) is 0 Å². The molecule has 0 aliphatic heterocycles. The van der Waals surface area contributed by atoms with E-state index in [1.165, 1.54) is 32.3 Å². The predicted octanol–water partition coefficient (Wildman–Crippen LogP) is 7.91. The fraction of sp³-hybridized carbons (Fsp3) is 0. The Kier molecular flexibility index (Phi) is 3.58. The van der Waals surface area contributed by atoms with Crippen molar-refractivity contribution in [3.63, 3.8) is 0 Å². The largest absolute Gasteiger partial charge is 0.254 e. The van der Waals surface area contributed by atoms with Gasteiger partial charge in [0.05, 0.1) is 16.7 Å². The molecule has 7 aromatic rings. The Morgan fingerprint density at radius 1 is 0.469 bits per heavy atom. The molecule has 7 rings (SSSR count). The van der Waals surface area contributed by atoms with Crippen molar-refractivity contribution in [2.24, 2.45) is 0 Å². The topological polar surface area (TPSA) is 25.8 Å². The van der Waals surface area contributed by atoms with Crippen LogP contribution < -0.4 is 0 Å². The number of hydrogen-bond donors (Lipinski definition) is 0. The maximum atomic E-state index is 5.13. The first kappa shape index (κ1) is 17.4. The highest BCUT2D eigenvalue weighted by molar-refractivity contribution is 6.17. The van der Waals surface area contributed by atoms with Gasteiger partial charge in [0.2, 0.25) is 0 Å². The molecule has 0 fully saturated rings. The molecule has 0 N–H and O–H groups in total. The van der Waals surface area contributed by atoms with Crippen LogP contribution in [0, 0.1) is 0 Å². The molecule has 148 valence electrons. The zero-order valence-corrected chi connectivity index (χ0v) is 17.3. The summed E-state index contributed by atoms with van der Waals surface area (Å²) >= 11 is 0. The quantitative estimate of drug-likeness (QED) is 0.204. The van der Waals surface area contributed by atoms with Gasteiger partial charge in [0.25, 0.3) is 0 Å². The molecule has 2 nitrogen and oxygen atoms in total. The summed E-state index contributed by atoms with van der Waals surface area (Å²) in [5.74, 6) is 0. The van der Waals surface area contributed by atoms with Crippen molar-refractivity contribution >= 4 is 54.1 Å². The van der Waals surface area contributed by atoms with E-state index in [0.29, 0.717) is 0 Å². The Morgan fingerprint density at radius 3 is 2.06 bits per heavy atom. The van der Waals surface area contributed by atoms with Crippen LogP contribution in [0.15, 0.2) is 109 Å². The van der Waals surface area contributed by atoms with Crippen LogP contribution in [0.4, 0.5) is 0 Å². The summed E-state index contributed by atoms with van der Waals surface area (Å²) in [5.41, 5.74) is 4.02. The molecule has 0 unspecified atom stereocenters. The number of hydrogen-bond acceptors (Lipinski definition) is 2. The van der Waals surface area contributed by atoms with Crippen LogP contribution in [0.5, 0.6) is 0 Å². The monoisotopic (exact) mass is 406 g/mol. The number of benzene rings is 5. The summed E-state index contributed by atoms with van der Waals surface area (Å²) in [4.78, 5) is 9.76. The minimum atomic E-state index is 0.947. The van der Waals surface area contributed by atoms with Crippen molar-refractivity contribution in [1.29, 1.82) is 0 Å². The summed E-state index contributed by atoms with van der Waals surface area (Å²) in [5, 5.41) is 9.71. The lowest BCUT2D eigenvalue weighted by Gasteiger charge is -2.12. The van der Waals surface area contributed by atoms with E-state index in [4.69, 9.17) is 4.98 Å². The molecule has 32 heavy (non-hydrogen) atoms. The summed E-state index contributed by atoms with van der Waals surface area (Å²) < 4.78 is 0. The SMILES string of the molecule is c1ccc2cc3c(ccc4cccc(-c5ccc6ccc7cccnc7c6n5)c43)cc2c1. The molecule has 0 aliphatic rings. The molecule has 0 amide bonds. The van der Waals surface area contributed by atoms with E-state index < -0.39 is 0 Å². The van der Waals surface area contributed by atoms with E-state index in [2.05, 4.69) is 102 Å². The first-order chi connectivity index (χ1) is 15.8. The Labute approximate surface area is 184 Å². The molecule has 5 aromatic carbocycles. The lowest BCUT2D eigenvalue weighted by atomic mass is 9.94. The molecule has 0 bridgehead atoms. The Morgan fingerprint density at radius 2 is 1.16 bits per heavy atom. The van der Waals surface area contributed by atoms with Crippen LogP contribution >= 0.6 is 0 Å².